The SMILES string of the molecule is CC(C)c1ccc(NC(=O)CSc2ccc(C(=O)N3CCCC3)cn2)cc1. The summed E-state index contributed by atoms with van der Waals surface area (Å²) in [4.78, 5) is 30.6. The Morgan fingerprint density at radius 3 is 2.41 bits per heavy atom. The monoisotopic (exact) mass is 383 g/mol. The van der Waals surface area contributed by atoms with Gasteiger partial charge in [0.15, 0.2) is 0 Å². The minimum absolute atomic E-state index is 0.0409. The Hall–Kier alpha value is -2.34. The van der Waals surface area contributed by atoms with Gasteiger partial charge in [-0.1, -0.05) is 37.7 Å². The number of nitrogens with one attached hydrogen (secondary N) is 1. The van der Waals surface area contributed by atoms with Gasteiger partial charge in [-0.25, -0.2) is 4.98 Å². The summed E-state index contributed by atoms with van der Waals surface area (Å²) in [6.45, 7) is 5.93. The Morgan fingerprint density at radius 1 is 1.11 bits per heavy atom. The van der Waals surface area contributed by atoms with E-state index in [1.807, 2.05) is 29.2 Å². The number of rotatable bonds is 6. The van der Waals surface area contributed by atoms with E-state index < -0.39 is 0 Å². The lowest BCUT2D eigenvalue weighted by Crippen LogP contribution is -2.27. The molecule has 6 heteroatoms. The van der Waals surface area contributed by atoms with Crippen LogP contribution in [-0.4, -0.2) is 40.5 Å². The van der Waals surface area contributed by atoms with Gasteiger partial charge in [-0.3, -0.25) is 9.59 Å². The molecule has 0 atom stereocenters. The molecule has 1 saturated heterocycles. The first-order valence-electron chi connectivity index (χ1n) is 9.31. The summed E-state index contributed by atoms with van der Waals surface area (Å²) in [6, 6.07) is 11.5. The molecule has 0 radical (unpaired) electrons. The third-order valence-corrected chi connectivity index (χ3v) is 5.53. The van der Waals surface area contributed by atoms with E-state index in [0.717, 1.165) is 36.6 Å². The van der Waals surface area contributed by atoms with Gasteiger partial charge in [-0.05, 0) is 48.6 Å². The van der Waals surface area contributed by atoms with Gasteiger partial charge in [0.1, 0.15) is 0 Å². The van der Waals surface area contributed by atoms with Gasteiger partial charge in [0.2, 0.25) is 5.91 Å². The first kappa shape index (κ1) is 19.4. The average Bonchev–Trinajstić information content (AvgIpc) is 3.21. The minimum Gasteiger partial charge on any atom is -0.339 e. The van der Waals surface area contributed by atoms with Crippen molar-refractivity contribution in [2.45, 2.75) is 37.6 Å². The van der Waals surface area contributed by atoms with Crippen molar-refractivity contribution in [1.29, 1.82) is 0 Å². The molecule has 0 saturated carbocycles. The zero-order chi connectivity index (χ0) is 19.2. The van der Waals surface area contributed by atoms with Crippen LogP contribution >= 0.6 is 11.8 Å². The molecule has 27 heavy (non-hydrogen) atoms. The van der Waals surface area contributed by atoms with E-state index in [0.29, 0.717) is 11.5 Å². The number of thioether (sulfide) groups is 1. The number of likely N-dealkylation sites (tertiary alicyclic amines) is 1. The van der Waals surface area contributed by atoms with E-state index in [4.69, 9.17) is 0 Å². The zero-order valence-corrected chi connectivity index (χ0v) is 16.6. The van der Waals surface area contributed by atoms with Gasteiger partial charge in [0, 0.05) is 25.0 Å². The van der Waals surface area contributed by atoms with E-state index in [1.165, 1.54) is 17.3 Å². The summed E-state index contributed by atoms with van der Waals surface area (Å²) in [5.41, 5.74) is 2.65. The highest BCUT2D eigenvalue weighted by Gasteiger charge is 2.19. The fourth-order valence-corrected chi connectivity index (χ4v) is 3.63. The second-order valence-electron chi connectivity index (χ2n) is 7.00. The number of hydrogen-bond acceptors (Lipinski definition) is 4. The third kappa shape index (κ3) is 5.32. The Bertz CT molecular complexity index is 782. The van der Waals surface area contributed by atoms with Crippen LogP contribution in [0, 0.1) is 0 Å². The largest absolute Gasteiger partial charge is 0.339 e. The Morgan fingerprint density at radius 2 is 1.81 bits per heavy atom. The van der Waals surface area contributed by atoms with Crippen molar-refractivity contribution >= 4 is 29.3 Å². The normalized spacial score (nSPS) is 13.8. The van der Waals surface area contributed by atoms with Crippen molar-refractivity contribution in [3.63, 3.8) is 0 Å². The van der Waals surface area contributed by atoms with E-state index in [1.54, 1.807) is 18.3 Å². The number of hydrogen-bond donors (Lipinski definition) is 1. The topological polar surface area (TPSA) is 62.3 Å². The second kappa shape index (κ2) is 9.04. The van der Waals surface area contributed by atoms with Crippen molar-refractivity contribution in [2.24, 2.45) is 0 Å². The Labute approximate surface area is 164 Å². The molecule has 0 aliphatic carbocycles. The van der Waals surface area contributed by atoms with Crippen LogP contribution in [0.5, 0.6) is 0 Å². The van der Waals surface area contributed by atoms with Gasteiger partial charge in [0.25, 0.3) is 5.91 Å². The van der Waals surface area contributed by atoms with Crippen LogP contribution in [0.3, 0.4) is 0 Å². The van der Waals surface area contributed by atoms with Gasteiger partial charge < -0.3 is 10.2 Å². The van der Waals surface area contributed by atoms with Crippen molar-refractivity contribution in [1.82, 2.24) is 9.88 Å². The first-order valence-corrected chi connectivity index (χ1v) is 10.3. The highest BCUT2D eigenvalue weighted by atomic mass is 32.2. The molecule has 1 aromatic carbocycles. The summed E-state index contributed by atoms with van der Waals surface area (Å²) >= 11 is 1.36. The number of carbonyl (C=O) groups excluding carboxylic acids is 2. The predicted octanol–water partition coefficient (Wildman–Crippen LogP) is 4.17. The molecule has 3 rings (SSSR count). The van der Waals surface area contributed by atoms with E-state index in [-0.39, 0.29) is 17.6 Å². The number of anilines is 1. The second-order valence-corrected chi connectivity index (χ2v) is 7.99. The molecule has 0 unspecified atom stereocenters. The van der Waals surface area contributed by atoms with Gasteiger partial charge in [0.05, 0.1) is 16.3 Å². The van der Waals surface area contributed by atoms with Crippen LogP contribution in [0.2, 0.25) is 0 Å². The fourth-order valence-electron chi connectivity index (χ4n) is 2.98. The summed E-state index contributed by atoms with van der Waals surface area (Å²) in [5, 5.41) is 3.63. The molecule has 1 fully saturated rings. The molecule has 142 valence electrons. The molecule has 1 aliphatic rings. The molecule has 2 heterocycles. The average molecular weight is 384 g/mol. The van der Waals surface area contributed by atoms with Crippen LogP contribution in [0.25, 0.3) is 0 Å². The maximum absolute atomic E-state index is 12.3. The number of aromatic nitrogens is 1. The van der Waals surface area contributed by atoms with Gasteiger partial charge in [-0.2, -0.15) is 0 Å². The van der Waals surface area contributed by atoms with Crippen LogP contribution in [0.4, 0.5) is 5.69 Å². The maximum atomic E-state index is 12.3. The minimum atomic E-state index is -0.0729. The Kier molecular flexibility index (Phi) is 6.50. The van der Waals surface area contributed by atoms with Crippen LogP contribution in [-0.2, 0) is 4.79 Å². The van der Waals surface area contributed by atoms with Gasteiger partial charge >= 0.3 is 0 Å². The lowest BCUT2D eigenvalue weighted by atomic mass is 10.0. The maximum Gasteiger partial charge on any atom is 0.255 e. The molecular formula is C21H25N3O2S. The number of nitrogens with zero attached hydrogens (tertiary/aromatic N) is 2. The number of benzene rings is 1. The summed E-state index contributed by atoms with van der Waals surface area (Å²) < 4.78 is 0. The summed E-state index contributed by atoms with van der Waals surface area (Å²) in [5.74, 6) is 0.713. The summed E-state index contributed by atoms with van der Waals surface area (Å²) in [6.07, 6.45) is 3.75. The van der Waals surface area contributed by atoms with Crippen LogP contribution < -0.4 is 5.32 Å². The van der Waals surface area contributed by atoms with Crippen LogP contribution in [0.15, 0.2) is 47.6 Å². The smallest absolute Gasteiger partial charge is 0.255 e. The van der Waals surface area contributed by atoms with Crippen molar-refractivity contribution in [2.75, 3.05) is 24.2 Å². The molecule has 1 N–H and O–H groups in total. The third-order valence-electron chi connectivity index (χ3n) is 4.59. The highest BCUT2D eigenvalue weighted by Crippen LogP contribution is 2.20. The fraction of sp³-hybridized carbons (Fsp3) is 0.381. The molecule has 5 nitrogen and oxygen atoms in total. The van der Waals surface area contributed by atoms with Crippen molar-refractivity contribution < 1.29 is 9.59 Å². The van der Waals surface area contributed by atoms with Crippen LogP contribution in [0.1, 0.15) is 48.5 Å². The van der Waals surface area contributed by atoms with Crippen molar-refractivity contribution in [3.05, 3.63) is 53.7 Å². The predicted molar refractivity (Wildman–Crippen MR) is 109 cm³/mol. The van der Waals surface area contributed by atoms with Crippen molar-refractivity contribution in [3.8, 4) is 0 Å². The molecule has 2 aromatic rings. The zero-order valence-electron chi connectivity index (χ0n) is 15.8. The number of carbonyl (C=O) groups is 2. The lowest BCUT2D eigenvalue weighted by Gasteiger charge is -2.14. The highest BCUT2D eigenvalue weighted by molar-refractivity contribution is 7.99. The molecule has 0 bridgehead atoms. The number of amides is 2. The molecule has 1 aromatic heterocycles. The molecule has 1 aliphatic heterocycles. The summed E-state index contributed by atoms with van der Waals surface area (Å²) in [7, 11) is 0. The van der Waals surface area contributed by atoms with Gasteiger partial charge in [-0.15, -0.1) is 0 Å². The molecule has 0 spiro atoms. The lowest BCUT2D eigenvalue weighted by molar-refractivity contribution is -0.113. The van der Waals surface area contributed by atoms with E-state index >= 15 is 0 Å². The van der Waals surface area contributed by atoms with E-state index in [9.17, 15) is 9.59 Å². The standard InChI is InChI=1S/C21H25N3O2S/c1-15(2)16-5-8-18(9-6-16)23-19(25)14-27-20-10-7-17(13-22-20)21(26)24-11-3-4-12-24/h5-10,13,15H,3-4,11-12,14H2,1-2H3,(H,23,25). The quantitative estimate of drug-likeness (QED) is 0.761. The number of pyridine rings is 1. The first-order chi connectivity index (χ1) is 13.0. The van der Waals surface area contributed by atoms with E-state index in [2.05, 4.69) is 24.1 Å². The Balaban J connectivity index is 1.49. The molecule has 2 amide bonds. The molecular weight excluding hydrogens is 358 g/mol.